The molecule has 1 amide bonds. The van der Waals surface area contributed by atoms with Crippen LogP contribution in [0.15, 0.2) is 51.9 Å². The number of hydrogen-bond acceptors (Lipinski definition) is 4. The van der Waals surface area contributed by atoms with Crippen molar-refractivity contribution >= 4 is 39.2 Å². The fourth-order valence-electron chi connectivity index (χ4n) is 2.38. The quantitative estimate of drug-likeness (QED) is 0.565. The number of carbonyl (C=O) groups excluding carboxylic acids is 2. The number of hydrogen-bond donors (Lipinski definition) is 1. The standard InChI is InChI=1S/C17H9BrF4N2O3/c18-8-5-6-12-10(7-8)13(9-3-1-2-4-11(9)19)24-15(14(25)23-12)27-16(26)17(20,21)22/h1-7,15H,(H,23,25). The molecule has 140 valence electrons. The lowest BCUT2D eigenvalue weighted by Crippen LogP contribution is -2.36. The van der Waals surface area contributed by atoms with Crippen molar-refractivity contribution in [1.82, 2.24) is 0 Å². The molecule has 2 aromatic carbocycles. The van der Waals surface area contributed by atoms with Crippen LogP contribution in [0.5, 0.6) is 0 Å². The summed E-state index contributed by atoms with van der Waals surface area (Å²) in [6.45, 7) is 0. The Balaban J connectivity index is 2.15. The lowest BCUT2D eigenvalue weighted by atomic mass is 10.0. The summed E-state index contributed by atoms with van der Waals surface area (Å²) in [7, 11) is 0. The summed E-state index contributed by atoms with van der Waals surface area (Å²) in [6.07, 6.45) is -7.45. The van der Waals surface area contributed by atoms with Gasteiger partial charge >= 0.3 is 12.1 Å². The third-order valence-corrected chi connectivity index (χ3v) is 4.04. The third-order valence-electron chi connectivity index (χ3n) is 3.54. The molecule has 0 bridgehead atoms. The summed E-state index contributed by atoms with van der Waals surface area (Å²) >= 11 is 3.24. The van der Waals surface area contributed by atoms with Gasteiger partial charge in [0.25, 0.3) is 12.1 Å². The Kier molecular flexibility index (Phi) is 5.01. The van der Waals surface area contributed by atoms with Gasteiger partial charge in [-0.2, -0.15) is 13.2 Å². The molecule has 1 unspecified atom stereocenters. The third kappa shape index (κ3) is 4.00. The number of carbonyl (C=O) groups is 2. The number of ether oxygens (including phenoxy) is 1. The first-order valence-corrected chi connectivity index (χ1v) is 8.17. The lowest BCUT2D eigenvalue weighted by Gasteiger charge is -2.13. The predicted molar refractivity (Wildman–Crippen MR) is 90.7 cm³/mol. The van der Waals surface area contributed by atoms with Gasteiger partial charge in [0, 0.05) is 15.6 Å². The number of amides is 1. The number of benzodiazepines with no additional fused rings is 1. The number of nitrogens with one attached hydrogen (secondary N) is 1. The predicted octanol–water partition coefficient (Wildman–Crippen LogP) is 3.81. The summed E-state index contributed by atoms with van der Waals surface area (Å²) in [4.78, 5) is 27.2. The largest absolute Gasteiger partial charge is 0.491 e. The highest BCUT2D eigenvalue weighted by molar-refractivity contribution is 9.10. The van der Waals surface area contributed by atoms with Crippen LogP contribution in [0.1, 0.15) is 11.1 Å². The smallest absolute Gasteiger partial charge is 0.423 e. The minimum absolute atomic E-state index is 0.0681. The second kappa shape index (κ2) is 7.10. The van der Waals surface area contributed by atoms with Crippen LogP contribution in [0.3, 0.4) is 0 Å². The molecule has 1 aliphatic rings. The zero-order valence-corrected chi connectivity index (χ0v) is 14.8. The van der Waals surface area contributed by atoms with Crippen molar-refractivity contribution in [3.05, 3.63) is 63.9 Å². The molecule has 0 aliphatic carbocycles. The Morgan fingerprint density at radius 3 is 2.52 bits per heavy atom. The number of rotatable bonds is 2. The Hall–Kier alpha value is -2.75. The van der Waals surface area contributed by atoms with Crippen molar-refractivity contribution in [3.63, 3.8) is 0 Å². The van der Waals surface area contributed by atoms with Crippen molar-refractivity contribution in [2.45, 2.75) is 12.4 Å². The van der Waals surface area contributed by atoms with Crippen LogP contribution in [0.2, 0.25) is 0 Å². The van der Waals surface area contributed by atoms with E-state index in [0.29, 0.717) is 4.47 Å². The molecule has 1 atom stereocenters. The van der Waals surface area contributed by atoms with E-state index in [1.165, 1.54) is 30.3 Å². The number of fused-ring (bicyclic) bond motifs is 1. The highest BCUT2D eigenvalue weighted by Crippen LogP contribution is 2.29. The van der Waals surface area contributed by atoms with E-state index in [-0.39, 0.29) is 22.5 Å². The molecule has 2 aromatic rings. The Labute approximate surface area is 158 Å². The Morgan fingerprint density at radius 1 is 1.15 bits per heavy atom. The molecule has 10 heteroatoms. The van der Waals surface area contributed by atoms with Crippen LogP contribution in [0, 0.1) is 5.82 Å². The first kappa shape index (κ1) is 19.0. The van der Waals surface area contributed by atoms with Gasteiger partial charge in [-0.1, -0.05) is 28.1 Å². The molecular weight excluding hydrogens is 436 g/mol. The fourth-order valence-corrected chi connectivity index (χ4v) is 2.74. The van der Waals surface area contributed by atoms with Gasteiger partial charge in [0.1, 0.15) is 5.82 Å². The monoisotopic (exact) mass is 444 g/mol. The van der Waals surface area contributed by atoms with Crippen LogP contribution in [-0.4, -0.2) is 30.0 Å². The van der Waals surface area contributed by atoms with E-state index in [4.69, 9.17) is 0 Å². The van der Waals surface area contributed by atoms with Crippen LogP contribution in [0.4, 0.5) is 23.2 Å². The number of anilines is 1. The number of alkyl halides is 3. The minimum Gasteiger partial charge on any atom is -0.423 e. The molecule has 0 saturated heterocycles. The second-order valence-corrected chi connectivity index (χ2v) is 6.31. The maximum atomic E-state index is 14.3. The normalized spacial score (nSPS) is 16.7. The zero-order chi connectivity index (χ0) is 19.8. The Morgan fingerprint density at radius 2 is 1.85 bits per heavy atom. The topological polar surface area (TPSA) is 67.8 Å². The van der Waals surface area contributed by atoms with E-state index < -0.39 is 30.1 Å². The zero-order valence-electron chi connectivity index (χ0n) is 13.2. The molecule has 1 heterocycles. The number of halogens is 5. The molecule has 3 rings (SSSR count). The second-order valence-electron chi connectivity index (χ2n) is 5.39. The molecule has 5 nitrogen and oxygen atoms in total. The van der Waals surface area contributed by atoms with Gasteiger partial charge in [-0.3, -0.25) is 4.79 Å². The molecule has 27 heavy (non-hydrogen) atoms. The SMILES string of the molecule is O=C1Nc2ccc(Br)cc2C(c2ccccc2F)=NC1OC(=O)C(F)(F)F. The van der Waals surface area contributed by atoms with Crippen LogP contribution < -0.4 is 5.32 Å². The number of benzene rings is 2. The fraction of sp³-hybridized carbons (Fsp3) is 0.118. The summed E-state index contributed by atoms with van der Waals surface area (Å²) in [5.74, 6) is -4.38. The summed E-state index contributed by atoms with van der Waals surface area (Å²) < 4.78 is 56.6. The molecule has 1 aliphatic heterocycles. The van der Waals surface area contributed by atoms with E-state index >= 15 is 0 Å². The minimum atomic E-state index is -5.31. The molecule has 0 radical (unpaired) electrons. The van der Waals surface area contributed by atoms with Crippen molar-refractivity contribution in [2.75, 3.05) is 5.32 Å². The molecular formula is C17H9BrF4N2O3. The summed E-state index contributed by atoms with van der Waals surface area (Å²) in [5, 5.41) is 2.33. The van der Waals surface area contributed by atoms with Gasteiger partial charge in [0.15, 0.2) is 0 Å². The van der Waals surface area contributed by atoms with E-state index in [9.17, 15) is 27.2 Å². The molecule has 1 N–H and O–H groups in total. The molecule has 0 fully saturated rings. The van der Waals surface area contributed by atoms with Gasteiger partial charge in [-0.25, -0.2) is 14.2 Å². The van der Waals surface area contributed by atoms with Crippen molar-refractivity contribution in [1.29, 1.82) is 0 Å². The summed E-state index contributed by atoms with van der Waals surface area (Å²) in [5.41, 5.74) is 0.216. The first-order valence-electron chi connectivity index (χ1n) is 7.38. The van der Waals surface area contributed by atoms with E-state index in [0.717, 1.165) is 6.07 Å². The Bertz CT molecular complexity index is 959. The first-order chi connectivity index (χ1) is 12.7. The van der Waals surface area contributed by atoms with E-state index in [2.05, 4.69) is 31.0 Å². The highest BCUT2D eigenvalue weighted by Gasteiger charge is 2.44. The molecule has 0 spiro atoms. The van der Waals surface area contributed by atoms with Crippen LogP contribution in [0.25, 0.3) is 0 Å². The maximum absolute atomic E-state index is 14.3. The van der Waals surface area contributed by atoms with Gasteiger partial charge < -0.3 is 10.1 Å². The van der Waals surface area contributed by atoms with E-state index in [1.54, 1.807) is 6.07 Å². The van der Waals surface area contributed by atoms with Gasteiger partial charge in [0.2, 0.25) is 0 Å². The number of nitrogens with zero attached hydrogens (tertiary/aromatic N) is 1. The molecule has 0 aromatic heterocycles. The average Bonchev–Trinajstić information content (AvgIpc) is 2.72. The highest BCUT2D eigenvalue weighted by atomic mass is 79.9. The van der Waals surface area contributed by atoms with Crippen LogP contribution >= 0.6 is 15.9 Å². The van der Waals surface area contributed by atoms with Gasteiger partial charge in [0.05, 0.1) is 11.4 Å². The molecule has 0 saturated carbocycles. The average molecular weight is 445 g/mol. The number of esters is 1. The van der Waals surface area contributed by atoms with Gasteiger partial charge in [-0.05, 0) is 30.3 Å². The van der Waals surface area contributed by atoms with Crippen molar-refractivity contribution in [2.24, 2.45) is 4.99 Å². The van der Waals surface area contributed by atoms with Crippen molar-refractivity contribution < 1.29 is 31.9 Å². The van der Waals surface area contributed by atoms with Crippen LogP contribution in [-0.2, 0) is 14.3 Å². The lowest BCUT2D eigenvalue weighted by molar-refractivity contribution is -0.204. The van der Waals surface area contributed by atoms with Crippen molar-refractivity contribution in [3.8, 4) is 0 Å². The summed E-state index contributed by atoms with van der Waals surface area (Å²) in [6, 6.07) is 9.93. The van der Waals surface area contributed by atoms with Gasteiger partial charge in [-0.15, -0.1) is 0 Å². The van der Waals surface area contributed by atoms with E-state index in [1.807, 2.05) is 0 Å². The maximum Gasteiger partial charge on any atom is 0.491 e. The number of aliphatic imine (C=N–C) groups is 1.